The van der Waals surface area contributed by atoms with Gasteiger partial charge in [-0.1, -0.05) is 0 Å². The Hall–Kier alpha value is -4.07. The first-order valence-electron chi connectivity index (χ1n) is 12.7. The second-order valence-electron chi connectivity index (χ2n) is 9.50. The van der Waals surface area contributed by atoms with Crippen molar-refractivity contribution in [2.24, 2.45) is 5.92 Å². The number of amides is 2. The number of ether oxygens (including phenoxy) is 2. The number of hydrogen-bond acceptors (Lipinski definition) is 9. The number of carbonyl (C=O) groups excluding carboxylic acids is 3. The zero-order valence-corrected chi connectivity index (χ0v) is 21.7. The predicted molar refractivity (Wildman–Crippen MR) is 136 cm³/mol. The van der Waals surface area contributed by atoms with Crippen molar-refractivity contribution < 1.29 is 37.0 Å². The lowest BCUT2D eigenvalue weighted by Crippen LogP contribution is -2.49. The predicted octanol–water partition coefficient (Wildman–Crippen LogP) is 2.46. The van der Waals surface area contributed by atoms with Crippen LogP contribution in [0.5, 0.6) is 5.75 Å². The lowest BCUT2D eigenvalue weighted by atomic mass is 10.0. The smallest absolute Gasteiger partial charge is 0.486 e. The minimum Gasteiger partial charge on any atom is -0.486 e. The molecule has 1 aromatic carbocycles. The molecule has 3 atom stereocenters. The molecule has 1 aromatic heterocycles. The average molecular weight is 563 g/mol. The summed E-state index contributed by atoms with van der Waals surface area (Å²) in [7, 11) is 0. The summed E-state index contributed by atoms with van der Waals surface area (Å²) in [4.78, 5) is 47.5. The number of piperidine rings is 1. The summed E-state index contributed by atoms with van der Waals surface area (Å²) >= 11 is 0. The number of fused-ring (bicyclic) bond motifs is 1. The van der Waals surface area contributed by atoms with Crippen LogP contribution >= 0.6 is 0 Å². The number of ketones is 1. The molecule has 1 aliphatic heterocycles. The Balaban J connectivity index is 1.36. The van der Waals surface area contributed by atoms with Gasteiger partial charge in [0.2, 0.25) is 11.8 Å². The van der Waals surface area contributed by atoms with Gasteiger partial charge in [0.1, 0.15) is 24.1 Å². The molecule has 0 spiro atoms. The van der Waals surface area contributed by atoms with E-state index in [0.29, 0.717) is 23.7 Å². The Morgan fingerprint density at radius 2 is 1.93 bits per heavy atom. The number of nitrogens with zero attached hydrogens (tertiary/aromatic N) is 3. The summed E-state index contributed by atoms with van der Waals surface area (Å²) < 4.78 is 45.7. The molecule has 40 heavy (non-hydrogen) atoms. The summed E-state index contributed by atoms with van der Waals surface area (Å²) in [6.45, 7) is 0.562. The van der Waals surface area contributed by atoms with E-state index in [2.05, 4.69) is 25.3 Å². The molecule has 4 rings (SSSR count). The van der Waals surface area contributed by atoms with Gasteiger partial charge in [0.05, 0.1) is 13.2 Å². The number of Topliss-reactive ketones (excluding diaryl/α,β-unsaturated/α-hetero) is 1. The molecule has 11 nitrogen and oxygen atoms in total. The van der Waals surface area contributed by atoms with Crippen LogP contribution in [0, 0.1) is 11.3 Å². The van der Waals surface area contributed by atoms with Crippen LogP contribution in [0.3, 0.4) is 0 Å². The van der Waals surface area contributed by atoms with Crippen LogP contribution < -0.4 is 15.4 Å². The minimum absolute atomic E-state index is 0.0115. The third kappa shape index (κ3) is 7.52. The van der Waals surface area contributed by atoms with Crippen molar-refractivity contribution in [3.05, 3.63) is 48.0 Å². The van der Waals surface area contributed by atoms with Crippen molar-refractivity contribution >= 4 is 29.0 Å². The molecule has 2 heterocycles. The van der Waals surface area contributed by atoms with E-state index < -0.39 is 30.7 Å². The van der Waals surface area contributed by atoms with Gasteiger partial charge in [0.25, 0.3) is 0 Å². The zero-order chi connectivity index (χ0) is 28.9. The number of hydrogen-bond donors (Lipinski definition) is 3. The van der Waals surface area contributed by atoms with E-state index in [1.54, 1.807) is 30.6 Å². The molecule has 1 saturated heterocycles. The number of anilines is 1. The Morgan fingerprint density at radius 1 is 1.18 bits per heavy atom. The number of benzene rings is 1. The van der Waals surface area contributed by atoms with Crippen LogP contribution in [0.2, 0.25) is 0 Å². The molecule has 1 aliphatic carbocycles. The molecule has 2 aromatic rings. The van der Waals surface area contributed by atoms with E-state index in [1.807, 2.05) is 0 Å². The van der Waals surface area contributed by atoms with Gasteiger partial charge in [-0.15, -0.1) is 13.2 Å². The Labute approximate surface area is 228 Å². The molecule has 0 unspecified atom stereocenters. The topological polar surface area (TPSA) is 147 Å². The lowest BCUT2D eigenvalue weighted by molar-refractivity contribution is -0.324. The van der Waals surface area contributed by atoms with Gasteiger partial charge in [0.15, 0.2) is 11.6 Å². The number of alkyl halides is 3. The molecular weight excluding hydrogens is 533 g/mol. The van der Waals surface area contributed by atoms with Gasteiger partial charge in [-0.3, -0.25) is 24.5 Å². The van der Waals surface area contributed by atoms with Crippen LogP contribution in [0.1, 0.15) is 37.6 Å². The van der Waals surface area contributed by atoms with Crippen LogP contribution in [0.15, 0.2) is 36.7 Å². The fourth-order valence-corrected chi connectivity index (χ4v) is 4.62. The molecule has 1 saturated carbocycles. The lowest BCUT2D eigenvalue weighted by Gasteiger charge is -2.27. The van der Waals surface area contributed by atoms with Crippen molar-refractivity contribution in [3.63, 3.8) is 0 Å². The second kappa shape index (κ2) is 12.4. The molecule has 14 heteroatoms. The molecule has 2 aliphatic rings. The van der Waals surface area contributed by atoms with Crippen LogP contribution in [0.4, 0.5) is 18.9 Å². The zero-order valence-electron chi connectivity index (χ0n) is 21.7. The number of halogens is 3. The van der Waals surface area contributed by atoms with Crippen LogP contribution in [-0.4, -0.2) is 76.3 Å². The quantitative estimate of drug-likeness (QED) is 0.249. The van der Waals surface area contributed by atoms with Crippen molar-refractivity contribution in [2.45, 2.75) is 51.2 Å². The fourth-order valence-electron chi connectivity index (χ4n) is 4.62. The highest BCUT2D eigenvalue weighted by Gasteiger charge is 2.55. The highest BCUT2D eigenvalue weighted by molar-refractivity contribution is 6.45. The maximum atomic E-state index is 13.2. The van der Waals surface area contributed by atoms with E-state index in [4.69, 9.17) is 10.1 Å². The van der Waals surface area contributed by atoms with Gasteiger partial charge in [0, 0.05) is 43.2 Å². The first-order chi connectivity index (χ1) is 19.0. The fraction of sp³-hybridized carbons (Fsp3) is 0.462. The maximum absolute atomic E-state index is 13.2. The molecule has 3 N–H and O–H groups in total. The van der Waals surface area contributed by atoms with E-state index >= 15 is 0 Å². The SMILES string of the molecule is CC(=O)C(=N)c1cc(OCc2ncccn2)ccc1NCC(=O)N1[C@@H]2C[C@@H]2C[C@H]1C(=O)NCCCOC(F)(F)F. The summed E-state index contributed by atoms with van der Waals surface area (Å²) in [6.07, 6.45) is -0.314. The Kier molecular flexibility index (Phi) is 8.97. The van der Waals surface area contributed by atoms with E-state index in [9.17, 15) is 27.6 Å². The molecule has 214 valence electrons. The minimum atomic E-state index is -4.72. The molecule has 2 amide bonds. The monoisotopic (exact) mass is 562 g/mol. The number of aromatic nitrogens is 2. The van der Waals surface area contributed by atoms with Crippen molar-refractivity contribution in [2.75, 3.05) is 25.0 Å². The standard InChI is InChI=1S/C26H29F3N6O5/c1-15(36)24(30)18-12-17(39-14-22-31-6-2-7-32-22)4-5-19(18)34-13-23(37)35-20-10-16(20)11-21(35)25(38)33-8-3-9-40-26(27,28)29/h2,4-7,12,16,20-21,30,34H,3,8-11,13-14H2,1H3,(H,33,38)/t16-,20-,21+/m1/s1. The van der Waals surface area contributed by atoms with Gasteiger partial charge >= 0.3 is 6.36 Å². The van der Waals surface area contributed by atoms with Gasteiger partial charge < -0.3 is 20.3 Å². The first kappa shape index (κ1) is 28.9. The van der Waals surface area contributed by atoms with E-state index in [0.717, 1.165) is 6.42 Å². The summed E-state index contributed by atoms with van der Waals surface area (Å²) in [5, 5.41) is 13.8. The van der Waals surface area contributed by atoms with Gasteiger partial charge in [-0.25, -0.2) is 9.97 Å². The highest BCUT2D eigenvalue weighted by atomic mass is 19.4. The third-order valence-electron chi connectivity index (χ3n) is 6.61. The number of carbonyl (C=O) groups is 3. The normalized spacial score (nSPS) is 19.5. The van der Waals surface area contributed by atoms with Crippen LogP contribution in [-0.2, 0) is 25.7 Å². The van der Waals surface area contributed by atoms with Gasteiger partial charge in [-0.2, -0.15) is 0 Å². The largest absolute Gasteiger partial charge is 0.522 e. The second-order valence-corrected chi connectivity index (χ2v) is 9.50. The summed E-state index contributed by atoms with van der Waals surface area (Å²) in [5.74, 6) is -0.197. The highest BCUT2D eigenvalue weighted by Crippen LogP contribution is 2.47. The van der Waals surface area contributed by atoms with Crippen molar-refractivity contribution in [3.8, 4) is 5.75 Å². The summed E-state index contributed by atoms with van der Waals surface area (Å²) in [5.41, 5.74) is 0.341. The van der Waals surface area contributed by atoms with Gasteiger partial charge in [-0.05, 0) is 49.4 Å². The number of likely N-dealkylation sites (tertiary alicyclic amines) is 1. The molecule has 2 fully saturated rings. The maximum Gasteiger partial charge on any atom is 0.522 e. The van der Waals surface area contributed by atoms with E-state index in [1.165, 1.54) is 17.9 Å². The first-order valence-corrected chi connectivity index (χ1v) is 12.7. The van der Waals surface area contributed by atoms with Crippen LogP contribution in [0.25, 0.3) is 0 Å². The average Bonchev–Trinajstić information content (AvgIpc) is 3.58. The summed E-state index contributed by atoms with van der Waals surface area (Å²) in [6, 6.07) is 5.63. The molecule has 0 bridgehead atoms. The Bertz CT molecular complexity index is 1260. The Morgan fingerprint density at radius 3 is 2.62 bits per heavy atom. The van der Waals surface area contributed by atoms with Crippen molar-refractivity contribution in [1.82, 2.24) is 20.2 Å². The van der Waals surface area contributed by atoms with Crippen molar-refractivity contribution in [1.29, 1.82) is 5.41 Å². The number of rotatable bonds is 13. The molecular formula is C26H29F3N6O5. The number of nitrogens with one attached hydrogen (secondary N) is 3. The van der Waals surface area contributed by atoms with E-state index in [-0.39, 0.29) is 55.3 Å². The molecule has 0 radical (unpaired) electrons. The third-order valence-corrected chi connectivity index (χ3v) is 6.61.